The monoisotopic (exact) mass is 269 g/mol. The number of carbonyl (C=O) groups is 1. The zero-order chi connectivity index (χ0) is 14.4. The van der Waals surface area contributed by atoms with Crippen LogP contribution >= 0.6 is 0 Å². The van der Waals surface area contributed by atoms with E-state index in [1.807, 2.05) is 5.43 Å². The zero-order valence-corrected chi connectivity index (χ0v) is 11.2. The SMILES string of the molecule is COc1cc(C(N)CC(=O)NN)cc(OC)c1OC. The van der Waals surface area contributed by atoms with Gasteiger partial charge in [-0.2, -0.15) is 0 Å². The Morgan fingerprint density at radius 1 is 1.21 bits per heavy atom. The van der Waals surface area contributed by atoms with Gasteiger partial charge < -0.3 is 19.9 Å². The molecule has 0 saturated carbocycles. The van der Waals surface area contributed by atoms with E-state index < -0.39 is 6.04 Å². The van der Waals surface area contributed by atoms with Crippen molar-refractivity contribution in [3.8, 4) is 17.2 Å². The molecule has 106 valence electrons. The van der Waals surface area contributed by atoms with Gasteiger partial charge in [-0.25, -0.2) is 5.84 Å². The average molecular weight is 269 g/mol. The summed E-state index contributed by atoms with van der Waals surface area (Å²) in [5.41, 5.74) is 8.67. The highest BCUT2D eigenvalue weighted by Crippen LogP contribution is 2.39. The van der Waals surface area contributed by atoms with Gasteiger partial charge in [0.25, 0.3) is 0 Å². The van der Waals surface area contributed by atoms with E-state index in [0.29, 0.717) is 22.8 Å². The smallest absolute Gasteiger partial charge is 0.235 e. The fourth-order valence-corrected chi connectivity index (χ4v) is 1.69. The van der Waals surface area contributed by atoms with E-state index in [9.17, 15) is 4.79 Å². The first-order valence-corrected chi connectivity index (χ1v) is 5.62. The molecule has 7 heteroatoms. The Hall–Kier alpha value is -1.99. The van der Waals surface area contributed by atoms with E-state index in [4.69, 9.17) is 25.8 Å². The Morgan fingerprint density at radius 3 is 2.11 bits per heavy atom. The molecule has 1 aromatic carbocycles. The molecule has 0 fully saturated rings. The van der Waals surface area contributed by atoms with Crippen molar-refractivity contribution < 1.29 is 19.0 Å². The van der Waals surface area contributed by atoms with E-state index in [-0.39, 0.29) is 12.3 Å². The Bertz CT molecular complexity index is 426. The molecule has 1 aromatic rings. The first kappa shape index (κ1) is 15.1. The summed E-state index contributed by atoms with van der Waals surface area (Å²) < 4.78 is 15.6. The first-order valence-electron chi connectivity index (χ1n) is 5.62. The molecule has 0 heterocycles. The molecule has 7 nitrogen and oxygen atoms in total. The molecule has 0 bridgehead atoms. The van der Waals surface area contributed by atoms with Gasteiger partial charge in [-0.3, -0.25) is 10.2 Å². The largest absolute Gasteiger partial charge is 0.493 e. The van der Waals surface area contributed by atoms with E-state index in [1.54, 1.807) is 12.1 Å². The van der Waals surface area contributed by atoms with E-state index in [0.717, 1.165) is 0 Å². The molecule has 1 amide bonds. The number of methoxy groups -OCH3 is 3. The summed E-state index contributed by atoms with van der Waals surface area (Å²) in [6, 6.07) is 2.89. The second-order valence-corrected chi connectivity index (χ2v) is 3.84. The van der Waals surface area contributed by atoms with Crippen molar-refractivity contribution in [1.29, 1.82) is 0 Å². The molecule has 0 aliphatic carbocycles. The van der Waals surface area contributed by atoms with Crippen molar-refractivity contribution in [1.82, 2.24) is 5.43 Å². The predicted molar refractivity (Wildman–Crippen MR) is 70.0 cm³/mol. The quantitative estimate of drug-likeness (QED) is 0.384. The van der Waals surface area contributed by atoms with Crippen LogP contribution in [0, 0.1) is 0 Å². The highest BCUT2D eigenvalue weighted by Gasteiger charge is 2.18. The molecule has 0 aliphatic heterocycles. The van der Waals surface area contributed by atoms with Crippen molar-refractivity contribution in [2.75, 3.05) is 21.3 Å². The average Bonchev–Trinajstić information content (AvgIpc) is 2.44. The van der Waals surface area contributed by atoms with Crippen LogP contribution in [0.15, 0.2) is 12.1 Å². The van der Waals surface area contributed by atoms with Gasteiger partial charge in [0.2, 0.25) is 11.7 Å². The van der Waals surface area contributed by atoms with E-state index >= 15 is 0 Å². The lowest BCUT2D eigenvalue weighted by atomic mass is 10.0. The van der Waals surface area contributed by atoms with E-state index in [2.05, 4.69) is 0 Å². The van der Waals surface area contributed by atoms with Crippen molar-refractivity contribution in [2.45, 2.75) is 12.5 Å². The van der Waals surface area contributed by atoms with Crippen LogP contribution in [0.1, 0.15) is 18.0 Å². The number of carbonyl (C=O) groups excluding carboxylic acids is 1. The fourth-order valence-electron chi connectivity index (χ4n) is 1.69. The lowest BCUT2D eigenvalue weighted by Gasteiger charge is -2.17. The second-order valence-electron chi connectivity index (χ2n) is 3.84. The van der Waals surface area contributed by atoms with Crippen molar-refractivity contribution in [2.24, 2.45) is 11.6 Å². The van der Waals surface area contributed by atoms with Gasteiger partial charge in [-0.15, -0.1) is 0 Å². The summed E-state index contributed by atoms with van der Waals surface area (Å²) in [5.74, 6) is 6.13. The molecule has 0 aliphatic rings. The van der Waals surface area contributed by atoms with Crippen LogP contribution in [0.5, 0.6) is 17.2 Å². The third-order valence-corrected chi connectivity index (χ3v) is 2.68. The maximum Gasteiger partial charge on any atom is 0.235 e. The van der Waals surface area contributed by atoms with Gasteiger partial charge >= 0.3 is 0 Å². The van der Waals surface area contributed by atoms with Gasteiger partial charge in [-0.1, -0.05) is 0 Å². The van der Waals surface area contributed by atoms with Crippen LogP contribution in [0.2, 0.25) is 0 Å². The van der Waals surface area contributed by atoms with Crippen LogP contribution in [0.3, 0.4) is 0 Å². The molecule has 1 atom stereocenters. The van der Waals surface area contributed by atoms with Crippen LogP contribution in [-0.4, -0.2) is 27.2 Å². The minimum absolute atomic E-state index is 0.0646. The Kier molecular flexibility index (Phi) is 5.40. The highest BCUT2D eigenvalue weighted by molar-refractivity contribution is 5.76. The number of nitrogens with two attached hydrogens (primary N) is 2. The molecule has 19 heavy (non-hydrogen) atoms. The third kappa shape index (κ3) is 3.49. The number of nitrogens with one attached hydrogen (secondary N) is 1. The maximum absolute atomic E-state index is 11.2. The summed E-state index contributed by atoms with van der Waals surface area (Å²) in [5, 5.41) is 0. The lowest BCUT2D eigenvalue weighted by Crippen LogP contribution is -2.32. The standard InChI is InChI=1S/C12H19N3O4/c1-17-9-4-7(8(13)6-11(16)15-14)5-10(18-2)12(9)19-3/h4-5,8H,6,13-14H2,1-3H3,(H,15,16). The van der Waals surface area contributed by atoms with Gasteiger partial charge in [0, 0.05) is 12.5 Å². The number of hydrazine groups is 1. The Balaban J connectivity index is 3.11. The van der Waals surface area contributed by atoms with E-state index in [1.165, 1.54) is 21.3 Å². The first-order chi connectivity index (χ1) is 9.07. The second kappa shape index (κ2) is 6.81. The zero-order valence-electron chi connectivity index (χ0n) is 11.2. The minimum atomic E-state index is -0.516. The topological polar surface area (TPSA) is 109 Å². The molecule has 0 radical (unpaired) electrons. The predicted octanol–water partition coefficient (Wildman–Crippen LogP) is 0.0922. The number of benzene rings is 1. The van der Waals surface area contributed by atoms with Crippen molar-refractivity contribution >= 4 is 5.91 Å². The van der Waals surface area contributed by atoms with Crippen molar-refractivity contribution in [3.05, 3.63) is 17.7 Å². The Labute approximate surface area is 111 Å². The minimum Gasteiger partial charge on any atom is -0.493 e. The van der Waals surface area contributed by atoms with Gasteiger partial charge in [0.1, 0.15) is 0 Å². The Morgan fingerprint density at radius 2 is 1.74 bits per heavy atom. The summed E-state index contributed by atoms with van der Waals surface area (Å²) >= 11 is 0. The van der Waals surface area contributed by atoms with Gasteiger partial charge in [0.05, 0.1) is 21.3 Å². The number of amides is 1. The highest BCUT2D eigenvalue weighted by atomic mass is 16.5. The molecule has 0 spiro atoms. The number of hydrogen-bond acceptors (Lipinski definition) is 6. The summed E-state index contributed by atoms with van der Waals surface area (Å²) in [6.45, 7) is 0. The lowest BCUT2D eigenvalue weighted by molar-refractivity contribution is -0.121. The molecule has 1 rings (SSSR count). The summed E-state index contributed by atoms with van der Waals surface area (Å²) in [4.78, 5) is 11.2. The van der Waals surface area contributed by atoms with Crippen LogP contribution < -0.4 is 31.2 Å². The van der Waals surface area contributed by atoms with Crippen LogP contribution in [0.4, 0.5) is 0 Å². The summed E-state index contributed by atoms with van der Waals surface area (Å²) in [7, 11) is 4.54. The molecule has 0 aromatic heterocycles. The third-order valence-electron chi connectivity index (χ3n) is 2.68. The maximum atomic E-state index is 11.2. The molecular formula is C12H19N3O4. The van der Waals surface area contributed by atoms with Gasteiger partial charge in [-0.05, 0) is 17.7 Å². The van der Waals surface area contributed by atoms with Crippen molar-refractivity contribution in [3.63, 3.8) is 0 Å². The molecule has 1 unspecified atom stereocenters. The molecular weight excluding hydrogens is 250 g/mol. The summed E-state index contributed by atoms with van der Waals surface area (Å²) in [6.07, 6.45) is 0.0646. The van der Waals surface area contributed by atoms with Crippen LogP contribution in [-0.2, 0) is 4.79 Å². The molecule has 5 N–H and O–H groups in total. The fraction of sp³-hybridized carbons (Fsp3) is 0.417. The number of hydrogen-bond donors (Lipinski definition) is 3. The number of rotatable bonds is 6. The normalized spacial score (nSPS) is 11.6. The number of ether oxygens (including phenoxy) is 3. The van der Waals surface area contributed by atoms with Gasteiger partial charge in [0.15, 0.2) is 11.5 Å². The van der Waals surface area contributed by atoms with Crippen LogP contribution in [0.25, 0.3) is 0 Å². The molecule has 0 saturated heterocycles.